The Bertz CT molecular complexity index is 868. The minimum absolute atomic E-state index is 0.200. The number of benzene rings is 1. The smallest absolute Gasteiger partial charge is 0.359 e. The Morgan fingerprint density at radius 3 is 2.62 bits per heavy atom. The van der Waals surface area contributed by atoms with Gasteiger partial charge in [0.05, 0.1) is 19.1 Å². The topological polar surface area (TPSA) is 64.5 Å². The van der Waals surface area contributed by atoms with E-state index >= 15 is 0 Å². The minimum Gasteiger partial charge on any atom is -0.501 e. The number of hydrogen-bond donors (Lipinski definition) is 0. The van der Waals surface area contributed by atoms with Crippen LogP contribution in [-0.2, 0) is 16.1 Å². The van der Waals surface area contributed by atoms with Crippen molar-refractivity contribution in [3.05, 3.63) is 59.7 Å². The largest absolute Gasteiger partial charge is 0.501 e. The van der Waals surface area contributed by atoms with Gasteiger partial charge in [-0.15, -0.1) is 0 Å². The Balaban J connectivity index is 1.49. The van der Waals surface area contributed by atoms with Gasteiger partial charge >= 0.3 is 5.97 Å². The van der Waals surface area contributed by atoms with Crippen molar-refractivity contribution in [3.8, 4) is 0 Å². The Hall–Kier alpha value is -2.89. The maximum absolute atomic E-state index is 12.6. The second kappa shape index (κ2) is 8.64. The lowest BCUT2D eigenvalue weighted by Crippen LogP contribution is -2.35. The van der Waals surface area contributed by atoms with Gasteiger partial charge < -0.3 is 14.4 Å². The van der Waals surface area contributed by atoms with E-state index < -0.39 is 5.97 Å². The second-order valence-corrected chi connectivity index (χ2v) is 7.77. The van der Waals surface area contributed by atoms with Gasteiger partial charge in [-0.05, 0) is 43.6 Å². The van der Waals surface area contributed by atoms with E-state index in [-0.39, 0.29) is 12.3 Å². The minimum atomic E-state index is -0.486. The number of carbonyl (C=O) groups is 1. The molecule has 0 atom stereocenters. The average molecular weight is 393 g/mol. The molecule has 0 N–H and O–H groups in total. The van der Waals surface area contributed by atoms with Crippen molar-refractivity contribution in [3.63, 3.8) is 0 Å². The number of esters is 1. The number of hydrogen-bond acceptors (Lipinski definition) is 6. The summed E-state index contributed by atoms with van der Waals surface area (Å²) in [6, 6.07) is 9.59. The fourth-order valence-electron chi connectivity index (χ4n) is 3.71. The van der Waals surface area contributed by atoms with Crippen LogP contribution in [0, 0.1) is 5.41 Å². The first-order chi connectivity index (χ1) is 14.2. The molecule has 0 unspecified atom stereocenters. The molecule has 152 valence electrons. The number of aromatic nitrogens is 2. The standard InChI is InChI=1S/C23H27N3O3/c1-2-28-15-8-19-21(22(27)29-17-18-6-4-3-5-7-18)24-16-20(25-19)26-13-11-23(9-10-23)12-14-26/h3-8,15-16H,2,9-14,17H2,1H3. The molecule has 0 radical (unpaired) electrons. The number of nitrogens with zero attached hydrogens (tertiary/aromatic N) is 3. The van der Waals surface area contributed by atoms with Crippen LogP contribution in [0.3, 0.4) is 0 Å². The van der Waals surface area contributed by atoms with Crippen molar-refractivity contribution in [2.24, 2.45) is 5.41 Å². The average Bonchev–Trinajstić information content (AvgIpc) is 3.52. The summed E-state index contributed by atoms with van der Waals surface area (Å²) in [6.07, 6.45) is 10.1. The molecule has 4 rings (SSSR count). The van der Waals surface area contributed by atoms with E-state index in [9.17, 15) is 4.79 Å². The molecule has 6 nitrogen and oxygen atoms in total. The quantitative estimate of drug-likeness (QED) is 0.518. The van der Waals surface area contributed by atoms with E-state index in [1.165, 1.54) is 25.7 Å². The molecule has 1 spiro atoms. The van der Waals surface area contributed by atoms with E-state index in [0.29, 0.717) is 17.7 Å². The Labute approximate surface area is 171 Å². The molecule has 6 heteroatoms. The zero-order chi connectivity index (χ0) is 20.1. The molecule has 2 aliphatic rings. The predicted molar refractivity (Wildman–Crippen MR) is 111 cm³/mol. The molecule has 1 saturated carbocycles. The lowest BCUT2D eigenvalue weighted by Gasteiger charge is -2.32. The van der Waals surface area contributed by atoms with Crippen LogP contribution in [0.1, 0.15) is 54.4 Å². The summed E-state index contributed by atoms with van der Waals surface area (Å²) in [5.41, 5.74) is 2.21. The number of rotatable bonds is 7. The summed E-state index contributed by atoms with van der Waals surface area (Å²) >= 11 is 0. The first-order valence-corrected chi connectivity index (χ1v) is 10.3. The zero-order valence-corrected chi connectivity index (χ0v) is 16.8. The third-order valence-corrected chi connectivity index (χ3v) is 5.79. The van der Waals surface area contributed by atoms with Crippen molar-refractivity contribution in [2.75, 3.05) is 24.6 Å². The van der Waals surface area contributed by atoms with E-state index in [4.69, 9.17) is 14.5 Å². The highest BCUT2D eigenvalue weighted by atomic mass is 16.5. The molecule has 1 aliphatic heterocycles. The molecule has 1 aliphatic carbocycles. The fraction of sp³-hybridized carbons (Fsp3) is 0.435. The molecule has 0 bridgehead atoms. The molecule has 0 amide bonds. The first kappa shape index (κ1) is 19.4. The Kier molecular flexibility index (Phi) is 5.79. The SMILES string of the molecule is CCOC=Cc1nc(N2CCC3(CC2)CC3)cnc1C(=O)OCc1ccccc1. The van der Waals surface area contributed by atoms with E-state index in [2.05, 4.69) is 9.88 Å². The van der Waals surface area contributed by atoms with Crippen LogP contribution in [-0.4, -0.2) is 35.6 Å². The van der Waals surface area contributed by atoms with Gasteiger partial charge in [-0.3, -0.25) is 0 Å². The maximum Gasteiger partial charge on any atom is 0.359 e. The van der Waals surface area contributed by atoms with Crippen LogP contribution >= 0.6 is 0 Å². The van der Waals surface area contributed by atoms with Crippen molar-refractivity contribution in [1.82, 2.24) is 9.97 Å². The molecule has 29 heavy (non-hydrogen) atoms. The van der Waals surface area contributed by atoms with Crippen LogP contribution < -0.4 is 4.90 Å². The van der Waals surface area contributed by atoms with Gasteiger partial charge in [-0.25, -0.2) is 14.8 Å². The third-order valence-electron chi connectivity index (χ3n) is 5.79. The molecular formula is C23H27N3O3. The van der Waals surface area contributed by atoms with Gasteiger partial charge in [-0.2, -0.15) is 0 Å². The van der Waals surface area contributed by atoms with Crippen molar-refractivity contribution in [1.29, 1.82) is 0 Å². The maximum atomic E-state index is 12.6. The van der Waals surface area contributed by atoms with E-state index in [1.807, 2.05) is 37.3 Å². The van der Waals surface area contributed by atoms with Gasteiger partial charge in [0.25, 0.3) is 0 Å². The summed E-state index contributed by atoms with van der Waals surface area (Å²) < 4.78 is 10.8. The number of carbonyl (C=O) groups excluding carboxylic acids is 1. The predicted octanol–water partition coefficient (Wildman–Crippen LogP) is 4.22. The molecule has 1 aromatic carbocycles. The summed E-state index contributed by atoms with van der Waals surface area (Å²) in [4.78, 5) is 24.0. The van der Waals surface area contributed by atoms with Crippen molar-refractivity contribution >= 4 is 17.9 Å². The first-order valence-electron chi connectivity index (χ1n) is 10.3. The molecule has 2 aromatic rings. The molecule has 2 heterocycles. The van der Waals surface area contributed by atoms with Crippen LogP contribution in [0.25, 0.3) is 6.08 Å². The fourth-order valence-corrected chi connectivity index (χ4v) is 3.71. The molecular weight excluding hydrogens is 366 g/mol. The van der Waals surface area contributed by atoms with E-state index in [1.54, 1.807) is 18.5 Å². The highest BCUT2D eigenvalue weighted by molar-refractivity contribution is 5.90. The summed E-state index contributed by atoms with van der Waals surface area (Å²) in [6.45, 7) is 4.63. The number of anilines is 1. The molecule has 1 saturated heterocycles. The summed E-state index contributed by atoms with van der Waals surface area (Å²) in [5.74, 6) is 0.316. The van der Waals surface area contributed by atoms with E-state index in [0.717, 1.165) is 24.5 Å². The van der Waals surface area contributed by atoms with Crippen LogP contribution in [0.5, 0.6) is 0 Å². The van der Waals surface area contributed by atoms with Gasteiger partial charge in [0.2, 0.25) is 0 Å². The van der Waals surface area contributed by atoms with Gasteiger partial charge in [-0.1, -0.05) is 30.3 Å². The molecule has 2 fully saturated rings. The monoisotopic (exact) mass is 393 g/mol. The highest BCUT2D eigenvalue weighted by Gasteiger charge is 2.44. The summed E-state index contributed by atoms with van der Waals surface area (Å²) in [7, 11) is 0. The van der Waals surface area contributed by atoms with Gasteiger partial charge in [0.15, 0.2) is 5.69 Å². The zero-order valence-electron chi connectivity index (χ0n) is 16.8. The lowest BCUT2D eigenvalue weighted by molar-refractivity contribution is 0.0465. The normalized spacial score (nSPS) is 17.5. The lowest BCUT2D eigenvalue weighted by atomic mass is 9.94. The highest BCUT2D eigenvalue weighted by Crippen LogP contribution is 2.53. The number of ether oxygens (including phenoxy) is 2. The third kappa shape index (κ3) is 4.75. The van der Waals surface area contributed by atoms with Crippen LogP contribution in [0.4, 0.5) is 5.82 Å². The van der Waals surface area contributed by atoms with Gasteiger partial charge in [0.1, 0.15) is 18.1 Å². The van der Waals surface area contributed by atoms with Crippen LogP contribution in [0.2, 0.25) is 0 Å². The Morgan fingerprint density at radius 1 is 1.17 bits per heavy atom. The molecule has 1 aromatic heterocycles. The Morgan fingerprint density at radius 2 is 1.93 bits per heavy atom. The summed E-state index contributed by atoms with van der Waals surface area (Å²) in [5, 5.41) is 0. The van der Waals surface area contributed by atoms with Crippen LogP contribution in [0.15, 0.2) is 42.8 Å². The van der Waals surface area contributed by atoms with Crippen molar-refractivity contribution in [2.45, 2.75) is 39.2 Å². The second-order valence-electron chi connectivity index (χ2n) is 7.77. The van der Waals surface area contributed by atoms with Gasteiger partial charge in [0, 0.05) is 19.2 Å². The number of piperidine rings is 1. The van der Waals surface area contributed by atoms with Crippen molar-refractivity contribution < 1.29 is 14.3 Å².